The van der Waals surface area contributed by atoms with Gasteiger partial charge in [0.1, 0.15) is 18.1 Å². The monoisotopic (exact) mass is 457 g/mol. The van der Waals surface area contributed by atoms with Gasteiger partial charge in [-0.1, -0.05) is 11.6 Å². The predicted molar refractivity (Wildman–Crippen MR) is 116 cm³/mol. The summed E-state index contributed by atoms with van der Waals surface area (Å²) in [4.78, 5) is 36.4. The third kappa shape index (κ3) is 5.47. The number of aryl methyl sites for hydroxylation is 1. The van der Waals surface area contributed by atoms with Gasteiger partial charge in [-0.25, -0.2) is 9.59 Å². The molecule has 0 unspecified atom stereocenters. The summed E-state index contributed by atoms with van der Waals surface area (Å²) < 4.78 is 20.6. The Morgan fingerprint density at radius 1 is 0.938 bits per heavy atom. The summed E-state index contributed by atoms with van der Waals surface area (Å²) in [6.45, 7) is 1.98. The van der Waals surface area contributed by atoms with E-state index in [0.717, 1.165) is 5.56 Å². The van der Waals surface area contributed by atoms with Gasteiger partial charge in [0, 0.05) is 10.7 Å². The van der Waals surface area contributed by atoms with Gasteiger partial charge in [-0.2, -0.15) is 0 Å². The molecule has 3 rings (SSSR count). The van der Waals surface area contributed by atoms with Gasteiger partial charge < -0.3 is 23.9 Å². The zero-order chi connectivity index (χ0) is 23.3. The Hall–Kier alpha value is -3.78. The first-order chi connectivity index (χ1) is 15.3. The fourth-order valence-electron chi connectivity index (χ4n) is 2.80. The number of hydrogen-bond acceptors (Lipinski definition) is 7. The largest absolute Gasteiger partial charge is 0.486 e. The van der Waals surface area contributed by atoms with E-state index in [0.29, 0.717) is 16.5 Å². The number of furan rings is 1. The van der Waals surface area contributed by atoms with E-state index >= 15 is 0 Å². The van der Waals surface area contributed by atoms with Gasteiger partial charge in [-0.05, 0) is 61.0 Å². The summed E-state index contributed by atoms with van der Waals surface area (Å²) in [7, 11) is 2.42. The average molecular weight is 458 g/mol. The molecule has 0 aliphatic rings. The quantitative estimate of drug-likeness (QED) is 0.515. The molecule has 0 radical (unpaired) electrons. The Labute approximate surface area is 189 Å². The van der Waals surface area contributed by atoms with Crippen molar-refractivity contribution in [3.05, 3.63) is 81.8 Å². The fourth-order valence-corrected chi connectivity index (χ4v) is 2.92. The highest BCUT2D eigenvalue weighted by Crippen LogP contribution is 2.23. The molecule has 1 amide bonds. The summed E-state index contributed by atoms with van der Waals surface area (Å²) >= 11 is 6.00. The molecule has 166 valence electrons. The molecule has 0 atom stereocenters. The van der Waals surface area contributed by atoms with E-state index in [2.05, 4.69) is 14.8 Å². The number of esters is 2. The Morgan fingerprint density at radius 3 is 2.19 bits per heavy atom. The molecule has 0 aliphatic carbocycles. The number of carbonyl (C=O) groups excluding carboxylic acids is 3. The van der Waals surface area contributed by atoms with Crippen LogP contribution in [-0.2, 0) is 16.1 Å². The molecule has 8 nitrogen and oxygen atoms in total. The minimum absolute atomic E-state index is 0.0268. The molecule has 0 fully saturated rings. The van der Waals surface area contributed by atoms with Gasteiger partial charge in [0.2, 0.25) is 0 Å². The zero-order valence-corrected chi connectivity index (χ0v) is 18.3. The Kier molecular flexibility index (Phi) is 7.17. The van der Waals surface area contributed by atoms with Gasteiger partial charge in [0.25, 0.3) is 5.91 Å². The van der Waals surface area contributed by atoms with Crippen LogP contribution in [0.4, 0.5) is 5.69 Å². The highest BCUT2D eigenvalue weighted by Gasteiger charge is 2.17. The van der Waals surface area contributed by atoms with E-state index in [1.807, 2.05) is 6.92 Å². The van der Waals surface area contributed by atoms with E-state index in [4.69, 9.17) is 20.8 Å². The van der Waals surface area contributed by atoms with Crippen LogP contribution in [0.1, 0.15) is 42.6 Å². The average Bonchev–Trinajstić information content (AvgIpc) is 3.27. The lowest BCUT2D eigenvalue weighted by atomic mass is 10.1. The van der Waals surface area contributed by atoms with Crippen LogP contribution < -0.4 is 10.1 Å². The number of ether oxygens (including phenoxy) is 3. The number of amides is 1. The first-order valence-electron chi connectivity index (χ1n) is 9.41. The summed E-state index contributed by atoms with van der Waals surface area (Å²) in [5.41, 5.74) is 1.24. The fraction of sp³-hybridized carbons (Fsp3) is 0.174. The third-order valence-corrected chi connectivity index (χ3v) is 4.85. The highest BCUT2D eigenvalue weighted by atomic mass is 35.5. The number of methoxy groups -OCH3 is 2. The van der Waals surface area contributed by atoms with Gasteiger partial charge in [-0.15, -0.1) is 0 Å². The van der Waals surface area contributed by atoms with Crippen molar-refractivity contribution in [2.45, 2.75) is 13.5 Å². The lowest BCUT2D eigenvalue weighted by Gasteiger charge is -2.09. The van der Waals surface area contributed by atoms with Crippen molar-refractivity contribution in [2.24, 2.45) is 0 Å². The number of nitrogens with one attached hydrogen (secondary N) is 1. The Balaban J connectivity index is 1.72. The van der Waals surface area contributed by atoms with Gasteiger partial charge in [0.05, 0.1) is 25.3 Å². The molecule has 0 saturated carbocycles. The summed E-state index contributed by atoms with van der Waals surface area (Å²) in [5.74, 6) is -0.830. The smallest absolute Gasteiger partial charge is 0.337 e. The van der Waals surface area contributed by atoms with Crippen LogP contribution in [0, 0.1) is 6.92 Å². The van der Waals surface area contributed by atoms with Crippen molar-refractivity contribution in [1.82, 2.24) is 0 Å². The van der Waals surface area contributed by atoms with E-state index in [1.165, 1.54) is 38.5 Å². The predicted octanol–water partition coefficient (Wildman–Crippen LogP) is 4.65. The molecule has 1 N–H and O–H groups in total. The second kappa shape index (κ2) is 10.0. The van der Waals surface area contributed by atoms with Crippen molar-refractivity contribution >= 4 is 35.1 Å². The van der Waals surface area contributed by atoms with Gasteiger partial charge >= 0.3 is 11.9 Å². The van der Waals surface area contributed by atoms with Crippen LogP contribution in [0.15, 0.2) is 52.9 Å². The molecule has 0 bridgehead atoms. The Morgan fingerprint density at radius 2 is 1.59 bits per heavy atom. The summed E-state index contributed by atoms with van der Waals surface area (Å²) in [6.07, 6.45) is 0. The lowest BCUT2D eigenvalue weighted by Crippen LogP contribution is -2.13. The maximum atomic E-state index is 12.6. The van der Waals surface area contributed by atoms with E-state index in [1.54, 1.807) is 24.3 Å². The van der Waals surface area contributed by atoms with E-state index in [-0.39, 0.29) is 29.2 Å². The van der Waals surface area contributed by atoms with Crippen molar-refractivity contribution in [1.29, 1.82) is 0 Å². The first-order valence-corrected chi connectivity index (χ1v) is 9.79. The molecule has 1 aromatic heterocycles. The maximum Gasteiger partial charge on any atom is 0.337 e. The minimum atomic E-state index is -0.666. The normalized spacial score (nSPS) is 10.4. The molecular formula is C23H20ClNO7. The van der Waals surface area contributed by atoms with Gasteiger partial charge in [0.15, 0.2) is 5.76 Å². The van der Waals surface area contributed by atoms with Crippen LogP contribution in [-0.4, -0.2) is 32.1 Å². The minimum Gasteiger partial charge on any atom is -0.486 e. The number of rotatable bonds is 7. The second-order valence-electron chi connectivity index (χ2n) is 6.70. The van der Waals surface area contributed by atoms with Crippen LogP contribution in [0.5, 0.6) is 5.75 Å². The summed E-state index contributed by atoms with van der Waals surface area (Å²) in [5, 5.41) is 3.23. The molecule has 0 aliphatic heterocycles. The third-order valence-electron chi connectivity index (χ3n) is 4.43. The molecule has 9 heteroatoms. The van der Waals surface area contributed by atoms with Crippen molar-refractivity contribution in [3.8, 4) is 5.75 Å². The molecule has 32 heavy (non-hydrogen) atoms. The van der Waals surface area contributed by atoms with Crippen molar-refractivity contribution in [3.63, 3.8) is 0 Å². The molecule has 0 spiro atoms. The van der Waals surface area contributed by atoms with Crippen LogP contribution in [0.25, 0.3) is 0 Å². The van der Waals surface area contributed by atoms with E-state index in [9.17, 15) is 14.4 Å². The molecule has 2 aromatic carbocycles. The number of hydrogen-bond donors (Lipinski definition) is 1. The number of benzene rings is 2. The molecular weight excluding hydrogens is 438 g/mol. The second-order valence-corrected chi connectivity index (χ2v) is 7.11. The topological polar surface area (TPSA) is 104 Å². The van der Waals surface area contributed by atoms with E-state index < -0.39 is 17.8 Å². The Bertz CT molecular complexity index is 1130. The lowest BCUT2D eigenvalue weighted by molar-refractivity contribution is 0.0599. The standard InChI is InChI=1S/C23H20ClNO7/c1-13-8-17(4-6-19(13)24)31-12-18-5-7-20(32-18)21(26)25-16-10-14(22(27)29-2)9-15(11-16)23(28)30-3/h4-11H,12H2,1-3H3,(H,25,26). The highest BCUT2D eigenvalue weighted by molar-refractivity contribution is 6.31. The van der Waals surface area contributed by atoms with Gasteiger partial charge in [-0.3, -0.25) is 4.79 Å². The molecule has 0 saturated heterocycles. The summed E-state index contributed by atoms with van der Waals surface area (Å²) in [6, 6.07) is 12.4. The maximum absolute atomic E-state index is 12.6. The van der Waals surface area contributed by atoms with Crippen LogP contribution >= 0.6 is 11.6 Å². The van der Waals surface area contributed by atoms with Crippen molar-refractivity contribution in [2.75, 3.05) is 19.5 Å². The zero-order valence-electron chi connectivity index (χ0n) is 17.6. The molecule has 1 heterocycles. The van der Waals surface area contributed by atoms with Crippen LogP contribution in [0.2, 0.25) is 5.02 Å². The SMILES string of the molecule is COC(=O)c1cc(NC(=O)c2ccc(COc3ccc(Cl)c(C)c3)o2)cc(C(=O)OC)c1. The molecule has 3 aromatic rings. The number of anilines is 1. The first kappa shape index (κ1) is 22.9. The van der Waals surface area contributed by atoms with Crippen molar-refractivity contribution < 1.29 is 33.0 Å². The number of halogens is 1. The number of carbonyl (C=O) groups is 3. The van der Waals surface area contributed by atoms with Crippen LogP contribution in [0.3, 0.4) is 0 Å².